The van der Waals surface area contributed by atoms with Crippen molar-refractivity contribution in [3.8, 4) is 0 Å². The van der Waals surface area contributed by atoms with Crippen LogP contribution in [0, 0.1) is 5.92 Å². The molecule has 1 aromatic rings. The molecule has 1 amide bonds. The molecule has 1 aliphatic carbocycles. The van der Waals surface area contributed by atoms with Crippen molar-refractivity contribution in [1.29, 1.82) is 0 Å². The molecule has 1 aliphatic rings. The fraction of sp³-hybridized carbons (Fsp3) is 0.682. The highest BCUT2D eigenvalue weighted by Crippen LogP contribution is 2.22. The van der Waals surface area contributed by atoms with Gasteiger partial charge in [-0.05, 0) is 58.1 Å². The fourth-order valence-electron chi connectivity index (χ4n) is 3.58. The minimum Gasteiger partial charge on any atom is -0.444 e. The lowest BCUT2D eigenvalue weighted by Gasteiger charge is -2.28. The number of aliphatic hydroxyl groups excluding tert-OH is 1. The summed E-state index contributed by atoms with van der Waals surface area (Å²) in [4.78, 5) is 12.2. The van der Waals surface area contributed by atoms with Crippen LogP contribution in [0.1, 0.15) is 58.4 Å². The summed E-state index contributed by atoms with van der Waals surface area (Å²) >= 11 is 0. The lowest BCUT2D eigenvalue weighted by Crippen LogP contribution is -2.50. The number of hydrogen-bond donors (Lipinski definition) is 3. The predicted molar refractivity (Wildman–Crippen MR) is 109 cm³/mol. The van der Waals surface area contributed by atoms with E-state index in [0.29, 0.717) is 18.9 Å². The Bertz CT molecular complexity index is 550. The summed E-state index contributed by atoms with van der Waals surface area (Å²) in [5, 5.41) is 17.0. The zero-order chi connectivity index (χ0) is 19.7. The van der Waals surface area contributed by atoms with Crippen molar-refractivity contribution in [1.82, 2.24) is 10.6 Å². The van der Waals surface area contributed by atoms with Crippen molar-refractivity contribution in [3.05, 3.63) is 35.9 Å². The number of carbonyl (C=O) groups is 1. The quantitative estimate of drug-likeness (QED) is 0.648. The topological polar surface area (TPSA) is 70.6 Å². The second-order valence-electron chi connectivity index (χ2n) is 8.67. The van der Waals surface area contributed by atoms with Gasteiger partial charge in [-0.2, -0.15) is 0 Å². The van der Waals surface area contributed by atoms with Gasteiger partial charge in [0.1, 0.15) is 5.60 Å². The highest BCUT2D eigenvalue weighted by Gasteiger charge is 2.25. The number of carbonyl (C=O) groups excluding carboxylic acids is 1. The van der Waals surface area contributed by atoms with E-state index in [-0.39, 0.29) is 0 Å². The third-order valence-electron chi connectivity index (χ3n) is 4.98. The van der Waals surface area contributed by atoms with Gasteiger partial charge in [0.2, 0.25) is 0 Å². The highest BCUT2D eigenvalue weighted by molar-refractivity contribution is 5.68. The number of rotatable bonds is 8. The molecule has 27 heavy (non-hydrogen) atoms. The molecule has 3 N–H and O–H groups in total. The molecule has 0 aliphatic heterocycles. The number of hydrogen-bond acceptors (Lipinski definition) is 4. The molecule has 5 heteroatoms. The van der Waals surface area contributed by atoms with Crippen molar-refractivity contribution in [2.24, 2.45) is 5.92 Å². The monoisotopic (exact) mass is 376 g/mol. The molecule has 0 aromatic heterocycles. The molecule has 0 unspecified atom stereocenters. The maximum Gasteiger partial charge on any atom is 0.407 e. The highest BCUT2D eigenvalue weighted by atomic mass is 16.6. The molecule has 1 aromatic carbocycles. The molecule has 2 atom stereocenters. The predicted octanol–water partition coefficient (Wildman–Crippen LogP) is 3.65. The summed E-state index contributed by atoms with van der Waals surface area (Å²) in [7, 11) is 0. The van der Waals surface area contributed by atoms with Crippen LogP contribution in [0.15, 0.2) is 30.3 Å². The van der Waals surface area contributed by atoms with Gasteiger partial charge in [-0.1, -0.05) is 49.6 Å². The van der Waals surface area contributed by atoms with Crippen LogP contribution in [0.5, 0.6) is 0 Å². The molecule has 0 saturated heterocycles. The van der Waals surface area contributed by atoms with Crippen LogP contribution in [0.4, 0.5) is 4.79 Å². The SMILES string of the molecule is CC(C)(C)OC(=O)N[C@@H](Cc1ccccc1)[C@H](O)CNCC1CCCCC1. The Balaban J connectivity index is 1.89. The van der Waals surface area contributed by atoms with Crippen LogP contribution in [-0.2, 0) is 11.2 Å². The van der Waals surface area contributed by atoms with Crippen LogP contribution >= 0.6 is 0 Å². The molecule has 0 bridgehead atoms. The summed E-state index contributed by atoms with van der Waals surface area (Å²) in [6, 6.07) is 9.50. The molecule has 1 saturated carbocycles. The van der Waals surface area contributed by atoms with E-state index in [0.717, 1.165) is 12.1 Å². The van der Waals surface area contributed by atoms with Crippen molar-refractivity contribution < 1.29 is 14.6 Å². The molecule has 5 nitrogen and oxygen atoms in total. The summed E-state index contributed by atoms with van der Waals surface area (Å²) in [5.41, 5.74) is 0.510. The lowest BCUT2D eigenvalue weighted by atomic mass is 9.89. The number of benzene rings is 1. The van der Waals surface area contributed by atoms with E-state index < -0.39 is 23.8 Å². The zero-order valence-corrected chi connectivity index (χ0v) is 17.0. The normalized spacial score (nSPS) is 17.9. The van der Waals surface area contributed by atoms with Gasteiger partial charge in [-0.15, -0.1) is 0 Å². The third kappa shape index (κ3) is 8.76. The Morgan fingerprint density at radius 2 is 1.85 bits per heavy atom. The molecule has 2 rings (SSSR count). The van der Waals surface area contributed by atoms with E-state index in [4.69, 9.17) is 4.74 Å². The minimum atomic E-state index is -0.679. The van der Waals surface area contributed by atoms with Gasteiger partial charge in [0.05, 0.1) is 12.1 Å². The van der Waals surface area contributed by atoms with Gasteiger partial charge in [0.25, 0.3) is 0 Å². The molecule has 152 valence electrons. The van der Waals surface area contributed by atoms with Crippen molar-refractivity contribution in [3.63, 3.8) is 0 Å². The molecular weight excluding hydrogens is 340 g/mol. The maximum absolute atomic E-state index is 12.2. The number of amides is 1. The third-order valence-corrected chi connectivity index (χ3v) is 4.98. The first kappa shape index (κ1) is 21.7. The Morgan fingerprint density at radius 3 is 2.48 bits per heavy atom. The van der Waals surface area contributed by atoms with Gasteiger partial charge < -0.3 is 20.5 Å². The number of ether oxygens (including phenoxy) is 1. The number of alkyl carbamates (subject to hydrolysis) is 1. The summed E-state index contributed by atoms with van der Waals surface area (Å²) in [6.45, 7) is 6.90. The van der Waals surface area contributed by atoms with Gasteiger partial charge >= 0.3 is 6.09 Å². The molecule has 1 fully saturated rings. The van der Waals surface area contributed by atoms with Crippen LogP contribution < -0.4 is 10.6 Å². The first-order valence-corrected chi connectivity index (χ1v) is 10.3. The second-order valence-corrected chi connectivity index (χ2v) is 8.67. The first-order chi connectivity index (χ1) is 12.8. The number of aliphatic hydroxyl groups is 1. The van der Waals surface area contributed by atoms with E-state index in [2.05, 4.69) is 10.6 Å². The van der Waals surface area contributed by atoms with Gasteiger partial charge in [0.15, 0.2) is 0 Å². The van der Waals surface area contributed by atoms with Crippen LogP contribution in [0.2, 0.25) is 0 Å². The maximum atomic E-state index is 12.2. The van der Waals surface area contributed by atoms with E-state index >= 15 is 0 Å². The fourth-order valence-corrected chi connectivity index (χ4v) is 3.58. The van der Waals surface area contributed by atoms with Crippen molar-refractivity contribution in [2.75, 3.05) is 13.1 Å². The summed E-state index contributed by atoms with van der Waals surface area (Å²) in [5.74, 6) is 0.706. The van der Waals surface area contributed by atoms with Crippen molar-refractivity contribution >= 4 is 6.09 Å². The minimum absolute atomic E-state index is 0.402. The molecule has 0 heterocycles. The number of nitrogens with one attached hydrogen (secondary N) is 2. The Labute approximate surface area is 163 Å². The molecular formula is C22H36N2O3. The summed E-state index contributed by atoms with van der Waals surface area (Å²) in [6.07, 6.45) is 5.90. The standard InChI is InChI=1S/C22H36N2O3/c1-22(2,3)27-21(26)24-19(14-17-10-6-4-7-11-17)20(25)16-23-15-18-12-8-5-9-13-18/h4,6-7,10-11,18-20,23,25H,5,8-9,12-16H2,1-3H3,(H,24,26)/t19-,20+/m0/s1. The molecule has 0 spiro atoms. The van der Waals surface area contributed by atoms with Crippen molar-refractivity contribution in [2.45, 2.75) is 77.0 Å². The Hall–Kier alpha value is -1.59. The van der Waals surface area contributed by atoms with Crippen LogP contribution in [-0.4, -0.2) is 42.0 Å². The zero-order valence-electron chi connectivity index (χ0n) is 17.0. The molecule has 0 radical (unpaired) electrons. The second kappa shape index (κ2) is 10.7. The van der Waals surface area contributed by atoms with E-state index in [9.17, 15) is 9.90 Å². The Kier molecular flexibility index (Phi) is 8.58. The first-order valence-electron chi connectivity index (χ1n) is 10.3. The van der Waals surface area contributed by atoms with E-state index in [1.54, 1.807) is 0 Å². The smallest absolute Gasteiger partial charge is 0.407 e. The lowest BCUT2D eigenvalue weighted by molar-refractivity contribution is 0.0421. The van der Waals surface area contributed by atoms with E-state index in [1.807, 2.05) is 51.1 Å². The average Bonchev–Trinajstić information content (AvgIpc) is 2.61. The summed E-state index contributed by atoms with van der Waals surface area (Å²) < 4.78 is 5.37. The van der Waals surface area contributed by atoms with Crippen LogP contribution in [0.3, 0.4) is 0 Å². The average molecular weight is 377 g/mol. The van der Waals surface area contributed by atoms with E-state index in [1.165, 1.54) is 32.1 Å². The van der Waals surface area contributed by atoms with Gasteiger partial charge in [-0.25, -0.2) is 4.79 Å². The largest absolute Gasteiger partial charge is 0.444 e. The van der Waals surface area contributed by atoms with Gasteiger partial charge in [-0.3, -0.25) is 0 Å². The van der Waals surface area contributed by atoms with Gasteiger partial charge in [0, 0.05) is 6.54 Å². The van der Waals surface area contributed by atoms with Crippen LogP contribution in [0.25, 0.3) is 0 Å². The Morgan fingerprint density at radius 1 is 1.19 bits per heavy atom.